The lowest BCUT2D eigenvalue weighted by Gasteiger charge is -2.31. The van der Waals surface area contributed by atoms with Crippen LogP contribution in [0.1, 0.15) is 47.0 Å². The van der Waals surface area contributed by atoms with Crippen LogP contribution in [0.5, 0.6) is 0 Å². The number of hydrogen-bond acceptors (Lipinski definition) is 3. The van der Waals surface area contributed by atoms with Crippen LogP contribution in [0.15, 0.2) is 0 Å². The molecule has 1 unspecified atom stereocenters. The van der Waals surface area contributed by atoms with Crippen LogP contribution in [-0.2, 0) is 4.79 Å². The second kappa shape index (κ2) is 8.48. The van der Waals surface area contributed by atoms with Gasteiger partial charge in [-0.1, -0.05) is 20.8 Å². The first kappa shape index (κ1) is 17.4. The molecule has 1 atom stereocenters. The van der Waals surface area contributed by atoms with Crippen molar-refractivity contribution in [3.8, 4) is 0 Å². The Morgan fingerprint density at radius 1 is 1.33 bits per heavy atom. The number of carbonyl (C=O) groups excluding carboxylic acids is 1. The SMILES string of the molecule is CCN(CCO)C(=O)CCC(CCN)C(C)(C)C. The minimum atomic E-state index is 0.0328. The largest absolute Gasteiger partial charge is 0.395 e. The van der Waals surface area contributed by atoms with Crippen LogP contribution >= 0.6 is 0 Å². The zero-order chi connectivity index (χ0) is 14.2. The summed E-state index contributed by atoms with van der Waals surface area (Å²) < 4.78 is 0. The minimum Gasteiger partial charge on any atom is -0.395 e. The lowest BCUT2D eigenvalue weighted by atomic mass is 9.76. The molecule has 0 spiro atoms. The Morgan fingerprint density at radius 2 is 1.94 bits per heavy atom. The summed E-state index contributed by atoms with van der Waals surface area (Å²) in [4.78, 5) is 13.7. The zero-order valence-electron chi connectivity index (χ0n) is 12.4. The summed E-state index contributed by atoms with van der Waals surface area (Å²) in [5, 5.41) is 8.90. The smallest absolute Gasteiger partial charge is 0.222 e. The first-order chi connectivity index (χ1) is 8.36. The Morgan fingerprint density at radius 3 is 2.33 bits per heavy atom. The van der Waals surface area contributed by atoms with E-state index in [2.05, 4.69) is 20.8 Å². The Hall–Kier alpha value is -0.610. The van der Waals surface area contributed by atoms with Crippen molar-refractivity contribution in [2.45, 2.75) is 47.0 Å². The Kier molecular flexibility index (Phi) is 8.20. The van der Waals surface area contributed by atoms with Crippen LogP contribution < -0.4 is 5.73 Å². The van der Waals surface area contributed by atoms with Crippen LogP contribution in [-0.4, -0.2) is 42.2 Å². The average Bonchev–Trinajstić information content (AvgIpc) is 2.29. The summed E-state index contributed by atoms with van der Waals surface area (Å²) in [5.74, 6) is 0.608. The third-order valence-corrected chi connectivity index (χ3v) is 3.55. The third kappa shape index (κ3) is 6.36. The molecule has 0 aliphatic carbocycles. The normalized spacial score (nSPS) is 13.4. The lowest BCUT2D eigenvalue weighted by molar-refractivity contribution is -0.132. The van der Waals surface area contributed by atoms with Crippen molar-refractivity contribution in [1.29, 1.82) is 0 Å². The summed E-state index contributed by atoms with van der Waals surface area (Å²) in [6, 6.07) is 0. The molecule has 4 nitrogen and oxygen atoms in total. The molecule has 0 radical (unpaired) electrons. The Balaban J connectivity index is 4.29. The predicted octanol–water partition coefficient (Wildman–Crippen LogP) is 1.62. The van der Waals surface area contributed by atoms with E-state index in [0.717, 1.165) is 12.8 Å². The fourth-order valence-electron chi connectivity index (χ4n) is 2.25. The second-order valence-electron chi connectivity index (χ2n) is 5.88. The fraction of sp³-hybridized carbons (Fsp3) is 0.929. The van der Waals surface area contributed by atoms with E-state index < -0.39 is 0 Å². The van der Waals surface area contributed by atoms with Gasteiger partial charge in [0.05, 0.1) is 6.61 Å². The monoisotopic (exact) mass is 258 g/mol. The molecular weight excluding hydrogens is 228 g/mol. The first-order valence-corrected chi connectivity index (χ1v) is 6.95. The van der Waals surface area contributed by atoms with Crippen molar-refractivity contribution in [2.24, 2.45) is 17.1 Å². The van der Waals surface area contributed by atoms with Gasteiger partial charge in [-0.25, -0.2) is 0 Å². The second-order valence-corrected chi connectivity index (χ2v) is 5.88. The maximum atomic E-state index is 12.0. The summed E-state index contributed by atoms with van der Waals surface area (Å²) in [5.41, 5.74) is 5.83. The van der Waals surface area contributed by atoms with E-state index >= 15 is 0 Å². The van der Waals surface area contributed by atoms with Crippen molar-refractivity contribution in [3.63, 3.8) is 0 Å². The van der Waals surface area contributed by atoms with Crippen molar-refractivity contribution >= 4 is 5.91 Å². The van der Waals surface area contributed by atoms with Crippen molar-refractivity contribution < 1.29 is 9.90 Å². The fourth-order valence-corrected chi connectivity index (χ4v) is 2.25. The molecule has 0 aromatic carbocycles. The molecular formula is C14H30N2O2. The van der Waals surface area contributed by atoms with Gasteiger partial charge in [-0.05, 0) is 37.6 Å². The van der Waals surface area contributed by atoms with Crippen LogP contribution in [0.2, 0.25) is 0 Å². The van der Waals surface area contributed by atoms with Gasteiger partial charge >= 0.3 is 0 Å². The van der Waals surface area contributed by atoms with Gasteiger partial charge in [0.15, 0.2) is 0 Å². The molecule has 0 aromatic heterocycles. The van der Waals surface area contributed by atoms with E-state index in [0.29, 0.717) is 32.0 Å². The molecule has 0 aliphatic heterocycles. The molecule has 0 aromatic rings. The first-order valence-electron chi connectivity index (χ1n) is 6.95. The highest BCUT2D eigenvalue weighted by molar-refractivity contribution is 5.76. The molecule has 18 heavy (non-hydrogen) atoms. The molecule has 4 heteroatoms. The highest BCUT2D eigenvalue weighted by atomic mass is 16.3. The molecule has 0 rings (SSSR count). The number of rotatable bonds is 8. The summed E-state index contributed by atoms with van der Waals surface area (Å²) >= 11 is 0. The number of aliphatic hydroxyl groups excluding tert-OH is 1. The van der Waals surface area contributed by atoms with Crippen molar-refractivity contribution in [2.75, 3.05) is 26.2 Å². The van der Waals surface area contributed by atoms with Gasteiger partial charge in [0.2, 0.25) is 5.91 Å². The summed E-state index contributed by atoms with van der Waals surface area (Å²) in [7, 11) is 0. The highest BCUT2D eigenvalue weighted by Crippen LogP contribution is 2.32. The van der Waals surface area contributed by atoms with Gasteiger partial charge in [-0.3, -0.25) is 4.79 Å². The number of hydrogen-bond donors (Lipinski definition) is 2. The van der Waals surface area contributed by atoms with E-state index in [9.17, 15) is 4.79 Å². The average molecular weight is 258 g/mol. The minimum absolute atomic E-state index is 0.0328. The highest BCUT2D eigenvalue weighted by Gasteiger charge is 2.25. The third-order valence-electron chi connectivity index (χ3n) is 3.55. The quantitative estimate of drug-likeness (QED) is 0.695. The number of aliphatic hydroxyl groups is 1. The van der Waals surface area contributed by atoms with E-state index in [1.807, 2.05) is 6.92 Å². The van der Waals surface area contributed by atoms with Crippen LogP contribution in [0, 0.1) is 11.3 Å². The molecule has 1 amide bonds. The van der Waals surface area contributed by atoms with Gasteiger partial charge in [0.25, 0.3) is 0 Å². The number of nitrogens with two attached hydrogens (primary N) is 1. The van der Waals surface area contributed by atoms with Crippen LogP contribution in [0.3, 0.4) is 0 Å². The van der Waals surface area contributed by atoms with Gasteiger partial charge in [0.1, 0.15) is 0 Å². The lowest BCUT2D eigenvalue weighted by Crippen LogP contribution is -2.34. The van der Waals surface area contributed by atoms with Gasteiger partial charge in [-0.15, -0.1) is 0 Å². The van der Waals surface area contributed by atoms with Crippen molar-refractivity contribution in [3.05, 3.63) is 0 Å². The molecule has 0 heterocycles. The van der Waals surface area contributed by atoms with E-state index in [1.165, 1.54) is 0 Å². The summed E-state index contributed by atoms with van der Waals surface area (Å²) in [6.45, 7) is 10.3. The maximum Gasteiger partial charge on any atom is 0.222 e. The summed E-state index contributed by atoms with van der Waals surface area (Å²) in [6.07, 6.45) is 2.39. The molecule has 108 valence electrons. The van der Waals surface area contributed by atoms with Crippen molar-refractivity contribution in [1.82, 2.24) is 4.90 Å². The molecule has 0 fully saturated rings. The van der Waals surface area contributed by atoms with E-state index in [4.69, 9.17) is 10.8 Å². The van der Waals surface area contributed by atoms with Gasteiger partial charge < -0.3 is 15.7 Å². The van der Waals surface area contributed by atoms with E-state index in [-0.39, 0.29) is 17.9 Å². The molecule has 0 bridgehead atoms. The van der Waals surface area contributed by atoms with Crippen LogP contribution in [0.4, 0.5) is 0 Å². The van der Waals surface area contributed by atoms with Crippen LogP contribution in [0.25, 0.3) is 0 Å². The predicted molar refractivity (Wildman–Crippen MR) is 75.2 cm³/mol. The number of amides is 1. The topological polar surface area (TPSA) is 66.6 Å². The number of nitrogens with zero attached hydrogens (tertiary/aromatic N) is 1. The maximum absolute atomic E-state index is 12.0. The molecule has 0 aliphatic rings. The number of carbonyl (C=O) groups is 1. The molecule has 3 N–H and O–H groups in total. The van der Waals surface area contributed by atoms with E-state index in [1.54, 1.807) is 4.90 Å². The zero-order valence-corrected chi connectivity index (χ0v) is 12.4. The molecule has 0 saturated carbocycles. The standard InChI is InChI=1S/C14H30N2O2/c1-5-16(10-11-17)13(18)7-6-12(8-9-15)14(2,3)4/h12,17H,5-11,15H2,1-4H3. The number of likely N-dealkylation sites (N-methyl/N-ethyl adjacent to an activating group) is 1. The van der Waals surface area contributed by atoms with Gasteiger partial charge in [-0.2, -0.15) is 0 Å². The Bertz CT molecular complexity index is 236. The van der Waals surface area contributed by atoms with Gasteiger partial charge in [0, 0.05) is 19.5 Å². The Labute approximate surface area is 112 Å². The molecule has 0 saturated heterocycles.